The number of benzene rings is 1. The van der Waals surface area contributed by atoms with Gasteiger partial charge in [0.05, 0.1) is 18.4 Å². The summed E-state index contributed by atoms with van der Waals surface area (Å²) in [5.41, 5.74) is 0.908. The molecule has 1 heterocycles. The third kappa shape index (κ3) is 2.46. The summed E-state index contributed by atoms with van der Waals surface area (Å²) in [6, 6.07) is 5.65. The molecule has 0 bridgehead atoms. The highest BCUT2D eigenvalue weighted by molar-refractivity contribution is 6.28. The Morgan fingerprint density at radius 3 is 2.83 bits per heavy atom. The average Bonchev–Trinajstić information content (AvgIpc) is 2.38. The number of hydrogen-bond donors (Lipinski definition) is 0. The molecule has 2 rings (SSSR count). The Kier molecular flexibility index (Phi) is 3.53. The van der Waals surface area contributed by atoms with Crippen molar-refractivity contribution < 1.29 is 13.9 Å². The number of aromatic nitrogens is 2. The van der Waals surface area contributed by atoms with Crippen molar-refractivity contribution in [3.8, 4) is 11.3 Å². The Balaban J connectivity index is 2.50. The zero-order chi connectivity index (χ0) is 13.1. The van der Waals surface area contributed by atoms with E-state index >= 15 is 0 Å². The monoisotopic (exact) mass is 266 g/mol. The van der Waals surface area contributed by atoms with Gasteiger partial charge in [-0.25, -0.2) is 19.2 Å². The molecule has 2 aromatic rings. The van der Waals surface area contributed by atoms with Gasteiger partial charge in [0, 0.05) is 11.8 Å². The first-order chi connectivity index (χ1) is 8.61. The molecule has 92 valence electrons. The topological polar surface area (TPSA) is 52.1 Å². The lowest BCUT2D eigenvalue weighted by Crippen LogP contribution is -2.04. The molecule has 0 spiro atoms. The van der Waals surface area contributed by atoms with Crippen molar-refractivity contribution in [1.82, 2.24) is 9.97 Å². The highest BCUT2D eigenvalue weighted by Gasteiger charge is 2.13. The number of esters is 1. The van der Waals surface area contributed by atoms with Crippen LogP contribution < -0.4 is 0 Å². The maximum atomic E-state index is 13.4. The van der Waals surface area contributed by atoms with E-state index in [9.17, 15) is 9.18 Å². The van der Waals surface area contributed by atoms with Crippen LogP contribution in [-0.2, 0) is 4.74 Å². The predicted molar refractivity (Wildman–Crippen MR) is 63.8 cm³/mol. The number of halogens is 2. The van der Waals surface area contributed by atoms with Gasteiger partial charge in [-0.3, -0.25) is 0 Å². The van der Waals surface area contributed by atoms with Crippen molar-refractivity contribution in [3.05, 3.63) is 47.1 Å². The molecule has 0 radical (unpaired) electrons. The van der Waals surface area contributed by atoms with Gasteiger partial charge in [-0.15, -0.1) is 0 Å². The quantitative estimate of drug-likeness (QED) is 0.619. The van der Waals surface area contributed by atoms with Crippen LogP contribution in [0.25, 0.3) is 11.3 Å². The lowest BCUT2D eigenvalue weighted by molar-refractivity contribution is 0.0595. The maximum Gasteiger partial charge on any atom is 0.340 e. The van der Waals surface area contributed by atoms with Crippen LogP contribution in [-0.4, -0.2) is 23.0 Å². The Bertz CT molecular complexity index is 604. The summed E-state index contributed by atoms with van der Waals surface area (Å²) < 4.78 is 17.9. The summed E-state index contributed by atoms with van der Waals surface area (Å²) in [5.74, 6) is -1.39. The second kappa shape index (κ2) is 5.10. The Labute approximate surface area is 107 Å². The SMILES string of the molecule is COC(=O)c1cc(-c2ccnc(Cl)n2)ccc1F. The van der Waals surface area contributed by atoms with E-state index in [1.807, 2.05) is 0 Å². The van der Waals surface area contributed by atoms with E-state index in [0.29, 0.717) is 11.3 Å². The molecular weight excluding hydrogens is 259 g/mol. The van der Waals surface area contributed by atoms with E-state index in [4.69, 9.17) is 11.6 Å². The second-order valence-electron chi connectivity index (χ2n) is 3.40. The van der Waals surface area contributed by atoms with Gasteiger partial charge in [-0.1, -0.05) is 0 Å². The number of hydrogen-bond acceptors (Lipinski definition) is 4. The van der Waals surface area contributed by atoms with Crippen LogP contribution in [0.1, 0.15) is 10.4 Å². The lowest BCUT2D eigenvalue weighted by Gasteiger charge is -2.05. The van der Waals surface area contributed by atoms with Crippen LogP contribution in [0.3, 0.4) is 0 Å². The summed E-state index contributed by atoms with van der Waals surface area (Å²) in [6.07, 6.45) is 1.48. The van der Waals surface area contributed by atoms with Gasteiger partial charge in [0.2, 0.25) is 5.28 Å². The molecule has 6 heteroatoms. The molecule has 0 aliphatic heterocycles. The van der Waals surface area contributed by atoms with E-state index in [0.717, 1.165) is 0 Å². The molecule has 0 N–H and O–H groups in total. The Morgan fingerprint density at radius 2 is 2.17 bits per heavy atom. The van der Waals surface area contributed by atoms with Gasteiger partial charge in [0.25, 0.3) is 0 Å². The van der Waals surface area contributed by atoms with E-state index in [1.54, 1.807) is 6.07 Å². The highest BCUT2D eigenvalue weighted by atomic mass is 35.5. The molecule has 4 nitrogen and oxygen atoms in total. The number of ether oxygens (including phenoxy) is 1. The standard InChI is InChI=1S/C12H8ClFN2O2/c1-18-11(17)8-6-7(2-3-9(8)14)10-4-5-15-12(13)16-10/h2-6H,1H3. The number of carbonyl (C=O) groups is 1. The van der Waals surface area contributed by atoms with E-state index in [2.05, 4.69) is 14.7 Å². The fourth-order valence-electron chi connectivity index (χ4n) is 1.45. The van der Waals surface area contributed by atoms with Gasteiger partial charge < -0.3 is 4.74 Å². The molecule has 0 fully saturated rings. The maximum absolute atomic E-state index is 13.4. The summed E-state index contributed by atoms with van der Waals surface area (Å²) in [5, 5.41) is 0.0800. The van der Waals surface area contributed by atoms with Crippen molar-refractivity contribution in [3.63, 3.8) is 0 Å². The molecule has 0 aliphatic rings. The van der Waals surface area contributed by atoms with Crippen molar-refractivity contribution in [2.45, 2.75) is 0 Å². The molecule has 1 aromatic heterocycles. The minimum atomic E-state index is -0.741. The highest BCUT2D eigenvalue weighted by Crippen LogP contribution is 2.21. The van der Waals surface area contributed by atoms with Gasteiger partial charge in [0.15, 0.2) is 0 Å². The zero-order valence-electron chi connectivity index (χ0n) is 9.35. The van der Waals surface area contributed by atoms with Crippen molar-refractivity contribution >= 4 is 17.6 Å². The van der Waals surface area contributed by atoms with Crippen molar-refractivity contribution in [1.29, 1.82) is 0 Å². The summed E-state index contributed by atoms with van der Waals surface area (Å²) in [6.45, 7) is 0. The van der Waals surface area contributed by atoms with Crippen molar-refractivity contribution in [2.24, 2.45) is 0 Å². The normalized spacial score (nSPS) is 10.2. The van der Waals surface area contributed by atoms with Crippen LogP contribution in [0.15, 0.2) is 30.5 Å². The van der Waals surface area contributed by atoms with Gasteiger partial charge in [-0.05, 0) is 35.9 Å². The third-order valence-electron chi connectivity index (χ3n) is 2.29. The first-order valence-electron chi connectivity index (χ1n) is 4.98. The zero-order valence-corrected chi connectivity index (χ0v) is 10.1. The fourth-order valence-corrected chi connectivity index (χ4v) is 1.59. The molecule has 0 saturated heterocycles. The smallest absolute Gasteiger partial charge is 0.340 e. The third-order valence-corrected chi connectivity index (χ3v) is 2.48. The molecule has 0 aliphatic carbocycles. The lowest BCUT2D eigenvalue weighted by atomic mass is 10.1. The van der Waals surface area contributed by atoms with Crippen LogP contribution in [0.5, 0.6) is 0 Å². The first kappa shape index (κ1) is 12.4. The summed E-state index contributed by atoms with van der Waals surface area (Å²) in [7, 11) is 1.19. The molecule has 0 amide bonds. The summed E-state index contributed by atoms with van der Waals surface area (Å²) >= 11 is 5.67. The Morgan fingerprint density at radius 1 is 1.39 bits per heavy atom. The molecule has 18 heavy (non-hydrogen) atoms. The predicted octanol–water partition coefficient (Wildman–Crippen LogP) is 2.72. The van der Waals surface area contributed by atoms with E-state index < -0.39 is 11.8 Å². The van der Waals surface area contributed by atoms with E-state index in [1.165, 1.54) is 31.5 Å². The van der Waals surface area contributed by atoms with Gasteiger partial charge in [0.1, 0.15) is 5.82 Å². The van der Waals surface area contributed by atoms with Crippen LogP contribution in [0.4, 0.5) is 4.39 Å². The van der Waals surface area contributed by atoms with Gasteiger partial charge >= 0.3 is 5.97 Å². The second-order valence-corrected chi connectivity index (χ2v) is 3.74. The number of carbonyl (C=O) groups excluding carboxylic acids is 1. The number of nitrogens with zero attached hydrogens (tertiary/aromatic N) is 2. The number of rotatable bonds is 2. The fraction of sp³-hybridized carbons (Fsp3) is 0.0833. The van der Waals surface area contributed by atoms with Crippen LogP contribution in [0, 0.1) is 5.82 Å². The first-order valence-corrected chi connectivity index (χ1v) is 5.36. The van der Waals surface area contributed by atoms with E-state index in [-0.39, 0.29) is 10.8 Å². The molecule has 0 saturated carbocycles. The minimum Gasteiger partial charge on any atom is -0.465 e. The Hall–Kier alpha value is -2.01. The molecular formula is C12H8ClFN2O2. The molecule has 0 atom stereocenters. The average molecular weight is 267 g/mol. The minimum absolute atomic E-state index is 0.0800. The van der Waals surface area contributed by atoms with Crippen molar-refractivity contribution in [2.75, 3.05) is 7.11 Å². The van der Waals surface area contributed by atoms with Crippen LogP contribution >= 0.6 is 11.6 Å². The number of methoxy groups -OCH3 is 1. The molecule has 1 aromatic carbocycles. The van der Waals surface area contributed by atoms with Gasteiger partial charge in [-0.2, -0.15) is 0 Å². The summed E-state index contributed by atoms with van der Waals surface area (Å²) in [4.78, 5) is 19.1. The van der Waals surface area contributed by atoms with Crippen LogP contribution in [0.2, 0.25) is 5.28 Å². The molecule has 0 unspecified atom stereocenters. The largest absolute Gasteiger partial charge is 0.465 e.